The van der Waals surface area contributed by atoms with Gasteiger partial charge in [-0.3, -0.25) is 0 Å². The van der Waals surface area contributed by atoms with Crippen LogP contribution in [0.15, 0.2) is 48.7 Å². The molecule has 2 aromatic heterocycles. The third-order valence-electron chi connectivity index (χ3n) is 3.65. The maximum atomic E-state index is 12.0. The number of ether oxygens (including phenoxy) is 1. The van der Waals surface area contributed by atoms with Gasteiger partial charge in [0.2, 0.25) is 0 Å². The lowest BCUT2D eigenvalue weighted by atomic mass is 10.1. The van der Waals surface area contributed by atoms with Crippen molar-refractivity contribution in [2.45, 2.75) is 26.3 Å². The van der Waals surface area contributed by atoms with E-state index in [1.54, 1.807) is 23.9 Å². The summed E-state index contributed by atoms with van der Waals surface area (Å²) in [6, 6.07) is 14.0. The first-order valence-electron chi connectivity index (χ1n) is 7.82. The minimum absolute atomic E-state index is 0.335. The Labute approximate surface area is 134 Å². The Bertz CT molecular complexity index is 796. The van der Waals surface area contributed by atoms with Crippen LogP contribution in [-0.4, -0.2) is 27.3 Å². The Morgan fingerprint density at radius 3 is 2.78 bits per heavy atom. The zero-order chi connectivity index (χ0) is 16.1. The number of nitrogens with zero attached hydrogens (tertiary/aromatic N) is 3. The second-order valence-corrected chi connectivity index (χ2v) is 5.26. The molecular formula is C18H19N3O2. The molecule has 1 aromatic carbocycles. The van der Waals surface area contributed by atoms with Crippen molar-refractivity contribution in [3.63, 3.8) is 0 Å². The van der Waals surface area contributed by atoms with Crippen LogP contribution in [0.1, 0.15) is 29.4 Å². The molecule has 0 atom stereocenters. The molecule has 0 unspecified atom stereocenters. The van der Waals surface area contributed by atoms with Crippen molar-refractivity contribution in [3.05, 3.63) is 59.9 Å². The van der Waals surface area contributed by atoms with Crippen LogP contribution in [0.4, 0.5) is 0 Å². The van der Waals surface area contributed by atoms with Crippen molar-refractivity contribution in [1.82, 2.24) is 14.8 Å². The number of esters is 1. The molecule has 3 rings (SSSR count). The van der Waals surface area contributed by atoms with E-state index >= 15 is 0 Å². The van der Waals surface area contributed by atoms with Crippen LogP contribution < -0.4 is 0 Å². The lowest BCUT2D eigenvalue weighted by Gasteiger charge is -2.03. The molecule has 0 radical (unpaired) electrons. The van der Waals surface area contributed by atoms with Gasteiger partial charge in [0, 0.05) is 12.7 Å². The van der Waals surface area contributed by atoms with E-state index in [0.717, 1.165) is 23.9 Å². The highest BCUT2D eigenvalue weighted by atomic mass is 16.5. The Morgan fingerprint density at radius 1 is 1.17 bits per heavy atom. The van der Waals surface area contributed by atoms with Gasteiger partial charge in [0.1, 0.15) is 0 Å². The van der Waals surface area contributed by atoms with Crippen LogP contribution in [0, 0.1) is 0 Å². The highest BCUT2D eigenvalue weighted by Gasteiger charge is 2.18. The topological polar surface area (TPSA) is 57.0 Å². The predicted molar refractivity (Wildman–Crippen MR) is 88.2 cm³/mol. The second kappa shape index (κ2) is 7.05. The van der Waals surface area contributed by atoms with Crippen LogP contribution in [0.5, 0.6) is 0 Å². The molecule has 118 valence electrons. The molecular weight excluding hydrogens is 290 g/mol. The third kappa shape index (κ3) is 3.39. The van der Waals surface area contributed by atoms with Crippen LogP contribution in [0.25, 0.3) is 11.0 Å². The van der Waals surface area contributed by atoms with Crippen LogP contribution in [0.3, 0.4) is 0 Å². The van der Waals surface area contributed by atoms with Crippen LogP contribution >= 0.6 is 0 Å². The summed E-state index contributed by atoms with van der Waals surface area (Å²) in [5, 5.41) is 5.16. The number of carbonyl (C=O) groups excluding carboxylic acids is 1. The normalized spacial score (nSPS) is 10.8. The highest BCUT2D eigenvalue weighted by Crippen LogP contribution is 2.18. The summed E-state index contributed by atoms with van der Waals surface area (Å²) in [7, 11) is 0. The molecule has 0 aliphatic heterocycles. The summed E-state index contributed by atoms with van der Waals surface area (Å²) in [4.78, 5) is 16.4. The number of carbonyl (C=O) groups is 1. The number of fused-ring (bicyclic) bond motifs is 1. The van der Waals surface area contributed by atoms with E-state index < -0.39 is 5.97 Å². The van der Waals surface area contributed by atoms with Crippen molar-refractivity contribution in [1.29, 1.82) is 0 Å². The zero-order valence-corrected chi connectivity index (χ0v) is 13.1. The second-order valence-electron chi connectivity index (χ2n) is 5.26. The number of hydrogen-bond acceptors (Lipinski definition) is 4. The minimum Gasteiger partial charge on any atom is -0.461 e. The predicted octanol–water partition coefficient (Wildman–Crippen LogP) is 3.24. The maximum Gasteiger partial charge on any atom is 0.359 e. The number of hydrogen-bond donors (Lipinski definition) is 0. The summed E-state index contributed by atoms with van der Waals surface area (Å²) in [6.07, 6.45) is 3.61. The van der Waals surface area contributed by atoms with Crippen molar-refractivity contribution in [2.24, 2.45) is 0 Å². The number of aromatic nitrogens is 3. The van der Waals surface area contributed by atoms with E-state index in [1.165, 1.54) is 5.56 Å². The summed E-state index contributed by atoms with van der Waals surface area (Å²) >= 11 is 0. The van der Waals surface area contributed by atoms with Gasteiger partial charge in [-0.15, -0.1) is 0 Å². The zero-order valence-electron chi connectivity index (χ0n) is 13.1. The van der Waals surface area contributed by atoms with Gasteiger partial charge >= 0.3 is 5.97 Å². The van der Waals surface area contributed by atoms with E-state index in [4.69, 9.17) is 4.74 Å². The summed E-state index contributed by atoms with van der Waals surface area (Å²) in [5.41, 5.74) is 2.36. The third-order valence-corrected chi connectivity index (χ3v) is 3.65. The van der Waals surface area contributed by atoms with Gasteiger partial charge < -0.3 is 4.74 Å². The highest BCUT2D eigenvalue weighted by molar-refractivity contribution is 6.01. The average molecular weight is 309 g/mol. The van der Waals surface area contributed by atoms with Crippen molar-refractivity contribution in [3.8, 4) is 0 Å². The first-order chi connectivity index (χ1) is 11.3. The molecule has 5 nitrogen and oxygen atoms in total. The van der Waals surface area contributed by atoms with Gasteiger partial charge in [-0.2, -0.15) is 5.10 Å². The molecule has 5 heteroatoms. The van der Waals surface area contributed by atoms with E-state index in [9.17, 15) is 4.79 Å². The smallest absolute Gasteiger partial charge is 0.359 e. The minimum atomic E-state index is -0.396. The Morgan fingerprint density at radius 2 is 2.00 bits per heavy atom. The molecule has 0 saturated heterocycles. The molecule has 0 saturated carbocycles. The fourth-order valence-electron chi connectivity index (χ4n) is 2.59. The molecule has 0 aliphatic rings. The van der Waals surface area contributed by atoms with Gasteiger partial charge in [0.05, 0.1) is 12.0 Å². The summed E-state index contributed by atoms with van der Waals surface area (Å²) in [6.45, 7) is 2.83. The molecule has 0 amide bonds. The molecule has 0 spiro atoms. The lowest BCUT2D eigenvalue weighted by Crippen LogP contribution is -2.08. The molecule has 23 heavy (non-hydrogen) atoms. The summed E-state index contributed by atoms with van der Waals surface area (Å²) < 4.78 is 6.88. The van der Waals surface area contributed by atoms with Gasteiger partial charge in [-0.05, 0) is 37.5 Å². The van der Waals surface area contributed by atoms with Gasteiger partial charge in [-0.1, -0.05) is 30.3 Å². The van der Waals surface area contributed by atoms with Gasteiger partial charge in [-0.25, -0.2) is 14.5 Å². The standard InChI is InChI=1S/C18H19N3O2/c1-2-23-18(22)16-15-11-6-12-19-17(15)21(20-16)13-7-10-14-8-4-3-5-9-14/h3-6,8-9,11-12H,2,7,10,13H2,1H3. The van der Waals surface area contributed by atoms with Crippen molar-refractivity contribution in [2.75, 3.05) is 6.61 Å². The first kappa shape index (κ1) is 15.2. The number of benzene rings is 1. The van der Waals surface area contributed by atoms with Crippen LogP contribution in [-0.2, 0) is 17.7 Å². The molecule has 0 bridgehead atoms. The first-order valence-corrected chi connectivity index (χ1v) is 7.82. The Hall–Kier alpha value is -2.69. The molecule has 2 heterocycles. The fraction of sp³-hybridized carbons (Fsp3) is 0.278. The number of rotatable bonds is 6. The van der Waals surface area contributed by atoms with E-state index in [2.05, 4.69) is 22.2 Å². The van der Waals surface area contributed by atoms with E-state index in [1.807, 2.05) is 24.3 Å². The number of pyridine rings is 1. The largest absolute Gasteiger partial charge is 0.461 e. The summed E-state index contributed by atoms with van der Waals surface area (Å²) in [5.74, 6) is -0.396. The quantitative estimate of drug-likeness (QED) is 0.656. The lowest BCUT2D eigenvalue weighted by molar-refractivity contribution is 0.0520. The Balaban J connectivity index is 1.79. The van der Waals surface area contributed by atoms with Gasteiger partial charge in [0.25, 0.3) is 0 Å². The SMILES string of the molecule is CCOC(=O)c1nn(CCCc2ccccc2)c2ncccc12. The average Bonchev–Trinajstić information content (AvgIpc) is 2.95. The van der Waals surface area contributed by atoms with Crippen molar-refractivity contribution < 1.29 is 9.53 Å². The van der Waals surface area contributed by atoms with Gasteiger partial charge in [0.15, 0.2) is 11.3 Å². The molecule has 0 aliphatic carbocycles. The molecule has 3 aromatic rings. The van der Waals surface area contributed by atoms with Crippen molar-refractivity contribution >= 4 is 17.0 Å². The van der Waals surface area contributed by atoms with E-state index in [-0.39, 0.29) is 0 Å². The maximum absolute atomic E-state index is 12.0. The Kier molecular flexibility index (Phi) is 4.66. The monoisotopic (exact) mass is 309 g/mol. The fourth-order valence-corrected chi connectivity index (χ4v) is 2.59. The molecule has 0 N–H and O–H groups in total. The van der Waals surface area contributed by atoms with E-state index in [0.29, 0.717) is 18.8 Å². The number of aryl methyl sites for hydroxylation is 2. The van der Waals surface area contributed by atoms with Crippen LogP contribution in [0.2, 0.25) is 0 Å². The molecule has 0 fully saturated rings.